The zero-order valence-electron chi connectivity index (χ0n) is 7.80. The smallest absolute Gasteiger partial charge is 0.159 e. The van der Waals surface area contributed by atoms with Crippen LogP contribution in [0.5, 0.6) is 0 Å². The summed E-state index contributed by atoms with van der Waals surface area (Å²) in [6, 6.07) is 1.86. The molecule has 0 fully saturated rings. The quantitative estimate of drug-likeness (QED) is 0.604. The van der Waals surface area contributed by atoms with Gasteiger partial charge in [-0.25, -0.2) is 4.98 Å². The van der Waals surface area contributed by atoms with E-state index in [2.05, 4.69) is 10.1 Å². The predicted octanol–water partition coefficient (Wildman–Crippen LogP) is 2.24. The molecule has 0 aliphatic carbocycles. The van der Waals surface area contributed by atoms with Gasteiger partial charge in [-0.15, -0.1) is 0 Å². The molecular weight excluding hydrogens is 186 g/mol. The van der Waals surface area contributed by atoms with E-state index in [1.54, 1.807) is 4.68 Å². The minimum atomic E-state index is 0.521. The minimum Gasteiger partial charge on any atom is -0.250 e. The van der Waals surface area contributed by atoms with Gasteiger partial charge >= 0.3 is 0 Å². The number of pyridine rings is 1. The molecule has 0 spiro atoms. The second-order valence-electron chi connectivity index (χ2n) is 3.17. The first-order valence-corrected chi connectivity index (χ1v) is 4.44. The maximum absolute atomic E-state index is 5.85. The van der Waals surface area contributed by atoms with Crippen molar-refractivity contribution in [1.29, 1.82) is 0 Å². The lowest BCUT2D eigenvalue weighted by atomic mass is 10.2. The minimum absolute atomic E-state index is 0.521. The fraction of sp³-hybridized carbons (Fsp3) is 0.333. The van der Waals surface area contributed by atoms with E-state index >= 15 is 0 Å². The van der Waals surface area contributed by atoms with Crippen molar-refractivity contribution in [3.8, 4) is 0 Å². The number of nitrogens with zero attached hydrogens (tertiary/aromatic N) is 3. The Balaban J connectivity index is 2.97. The number of halogens is 1. The van der Waals surface area contributed by atoms with Gasteiger partial charge in [0, 0.05) is 12.4 Å². The van der Waals surface area contributed by atoms with E-state index in [1.165, 1.54) is 0 Å². The summed E-state index contributed by atoms with van der Waals surface area (Å²) in [5.74, 6) is 0. The third-order valence-electron chi connectivity index (χ3n) is 2.13. The third kappa shape index (κ3) is 1.20. The number of fused-ring (bicyclic) bond motifs is 1. The van der Waals surface area contributed by atoms with Crippen LogP contribution in [-0.4, -0.2) is 14.8 Å². The summed E-state index contributed by atoms with van der Waals surface area (Å²) in [5.41, 5.74) is 2.97. The van der Waals surface area contributed by atoms with Crippen LogP contribution in [0, 0.1) is 13.8 Å². The van der Waals surface area contributed by atoms with Crippen LogP contribution in [0.25, 0.3) is 11.0 Å². The molecule has 0 atom stereocenters. The Morgan fingerprint density at radius 2 is 2.08 bits per heavy atom. The molecule has 2 rings (SSSR count). The van der Waals surface area contributed by atoms with E-state index < -0.39 is 0 Å². The lowest BCUT2D eigenvalue weighted by molar-refractivity contribution is 0.774. The second-order valence-corrected chi connectivity index (χ2v) is 3.56. The van der Waals surface area contributed by atoms with E-state index in [0.29, 0.717) is 5.15 Å². The van der Waals surface area contributed by atoms with Gasteiger partial charge in [-0.1, -0.05) is 11.6 Å². The largest absolute Gasteiger partial charge is 0.250 e. The molecule has 0 amide bonds. The Labute approximate surface area is 81.3 Å². The highest BCUT2D eigenvalue weighted by Crippen LogP contribution is 2.22. The van der Waals surface area contributed by atoms with Crippen LogP contribution in [-0.2, 0) is 7.05 Å². The average molecular weight is 196 g/mol. The fourth-order valence-corrected chi connectivity index (χ4v) is 1.86. The van der Waals surface area contributed by atoms with Gasteiger partial charge in [-0.05, 0) is 25.5 Å². The SMILES string of the molecule is Cc1cc(Cl)nc2c1c(C)nn2C. The summed E-state index contributed by atoms with van der Waals surface area (Å²) in [7, 11) is 1.87. The summed E-state index contributed by atoms with van der Waals surface area (Å²) < 4.78 is 1.75. The number of hydrogen-bond acceptors (Lipinski definition) is 2. The summed E-state index contributed by atoms with van der Waals surface area (Å²) >= 11 is 5.85. The van der Waals surface area contributed by atoms with Crippen LogP contribution in [0.4, 0.5) is 0 Å². The maximum atomic E-state index is 5.85. The van der Waals surface area contributed by atoms with Gasteiger partial charge in [0.15, 0.2) is 5.65 Å². The third-order valence-corrected chi connectivity index (χ3v) is 2.33. The Morgan fingerprint density at radius 1 is 1.38 bits per heavy atom. The highest BCUT2D eigenvalue weighted by molar-refractivity contribution is 6.29. The molecule has 0 aromatic carbocycles. The molecule has 0 radical (unpaired) electrons. The van der Waals surface area contributed by atoms with Crippen LogP contribution < -0.4 is 0 Å². The van der Waals surface area contributed by atoms with Crippen LogP contribution in [0.3, 0.4) is 0 Å². The van der Waals surface area contributed by atoms with E-state index in [9.17, 15) is 0 Å². The average Bonchev–Trinajstić information content (AvgIpc) is 2.27. The molecule has 0 aliphatic rings. The molecule has 0 aliphatic heterocycles. The zero-order valence-corrected chi connectivity index (χ0v) is 8.55. The molecule has 0 bridgehead atoms. The number of hydrogen-bond donors (Lipinski definition) is 0. The van der Waals surface area contributed by atoms with Crippen molar-refractivity contribution in [3.05, 3.63) is 22.5 Å². The van der Waals surface area contributed by atoms with Gasteiger partial charge < -0.3 is 0 Å². The molecule has 68 valence electrons. The van der Waals surface area contributed by atoms with Gasteiger partial charge in [0.2, 0.25) is 0 Å². The van der Waals surface area contributed by atoms with Crippen molar-refractivity contribution in [2.75, 3.05) is 0 Å². The molecule has 4 heteroatoms. The topological polar surface area (TPSA) is 30.7 Å². The first-order valence-electron chi connectivity index (χ1n) is 4.06. The molecule has 3 nitrogen and oxygen atoms in total. The summed E-state index contributed by atoms with van der Waals surface area (Å²) in [6.07, 6.45) is 0. The number of aromatic nitrogens is 3. The van der Waals surface area contributed by atoms with Crippen LogP contribution in [0.1, 0.15) is 11.3 Å². The highest BCUT2D eigenvalue weighted by Gasteiger charge is 2.09. The molecule has 0 unspecified atom stereocenters. The van der Waals surface area contributed by atoms with Gasteiger partial charge in [-0.3, -0.25) is 4.68 Å². The zero-order chi connectivity index (χ0) is 9.59. The molecular formula is C9H10ClN3. The van der Waals surface area contributed by atoms with Crippen molar-refractivity contribution < 1.29 is 0 Å². The molecule has 0 N–H and O–H groups in total. The van der Waals surface area contributed by atoms with Gasteiger partial charge in [0.25, 0.3) is 0 Å². The van der Waals surface area contributed by atoms with Crippen LogP contribution in [0.15, 0.2) is 6.07 Å². The standard InChI is InChI=1S/C9H10ClN3/c1-5-4-7(10)11-9-8(5)6(2)12-13(9)3/h4H,1-3H3. The van der Waals surface area contributed by atoms with E-state index in [-0.39, 0.29) is 0 Å². The van der Waals surface area contributed by atoms with Crippen LogP contribution >= 0.6 is 11.6 Å². The van der Waals surface area contributed by atoms with Crippen molar-refractivity contribution in [2.24, 2.45) is 7.05 Å². The molecule has 0 saturated heterocycles. The normalized spacial score (nSPS) is 11.1. The molecule has 2 aromatic heterocycles. The Kier molecular flexibility index (Phi) is 1.77. The van der Waals surface area contributed by atoms with Gasteiger partial charge in [0.1, 0.15) is 5.15 Å². The van der Waals surface area contributed by atoms with Crippen molar-refractivity contribution in [2.45, 2.75) is 13.8 Å². The van der Waals surface area contributed by atoms with Gasteiger partial charge in [-0.2, -0.15) is 5.10 Å². The Bertz CT molecular complexity index is 473. The lowest BCUT2D eigenvalue weighted by Gasteiger charge is -1.97. The highest BCUT2D eigenvalue weighted by atomic mass is 35.5. The molecule has 13 heavy (non-hydrogen) atoms. The van der Waals surface area contributed by atoms with Crippen molar-refractivity contribution in [1.82, 2.24) is 14.8 Å². The summed E-state index contributed by atoms with van der Waals surface area (Å²) in [5, 5.41) is 5.91. The lowest BCUT2D eigenvalue weighted by Crippen LogP contribution is -1.92. The second kappa shape index (κ2) is 2.70. The van der Waals surface area contributed by atoms with Crippen LogP contribution in [0.2, 0.25) is 5.15 Å². The predicted molar refractivity (Wildman–Crippen MR) is 53.0 cm³/mol. The monoisotopic (exact) mass is 195 g/mol. The first kappa shape index (κ1) is 8.51. The Hall–Kier alpha value is -1.09. The van der Waals surface area contributed by atoms with E-state index in [1.807, 2.05) is 27.0 Å². The molecule has 0 saturated carbocycles. The van der Waals surface area contributed by atoms with Gasteiger partial charge in [0.05, 0.1) is 5.69 Å². The first-order chi connectivity index (χ1) is 6.09. The summed E-state index contributed by atoms with van der Waals surface area (Å²) in [6.45, 7) is 4.00. The number of aryl methyl sites for hydroxylation is 3. The summed E-state index contributed by atoms with van der Waals surface area (Å²) in [4.78, 5) is 4.22. The van der Waals surface area contributed by atoms with E-state index in [0.717, 1.165) is 22.3 Å². The molecule has 2 aromatic rings. The Morgan fingerprint density at radius 3 is 2.77 bits per heavy atom. The van der Waals surface area contributed by atoms with Crippen molar-refractivity contribution in [3.63, 3.8) is 0 Å². The maximum Gasteiger partial charge on any atom is 0.159 e. The molecule has 2 heterocycles. The van der Waals surface area contributed by atoms with Crippen molar-refractivity contribution >= 4 is 22.6 Å². The fourth-order valence-electron chi connectivity index (χ4n) is 1.62. The number of rotatable bonds is 0. The van der Waals surface area contributed by atoms with E-state index in [4.69, 9.17) is 11.6 Å².